The number of anilines is 2. The number of fused-ring (bicyclic) bond motifs is 1. The van der Waals surface area contributed by atoms with Crippen LogP contribution >= 0.6 is 0 Å². The number of benzene rings is 1. The van der Waals surface area contributed by atoms with Crippen LogP contribution in [0.15, 0.2) is 29.1 Å². The molecule has 1 aliphatic rings. The summed E-state index contributed by atoms with van der Waals surface area (Å²) in [4.78, 5) is 67.6. The number of aromatic amines is 1. The molecule has 0 aliphatic carbocycles. The number of amides is 2. The van der Waals surface area contributed by atoms with Crippen LogP contribution in [0.2, 0.25) is 0 Å². The summed E-state index contributed by atoms with van der Waals surface area (Å²) in [6.07, 6.45) is 0.831. The molecule has 5 N–H and O–H groups in total. The summed E-state index contributed by atoms with van der Waals surface area (Å²) in [6.45, 7) is 3.69. The summed E-state index contributed by atoms with van der Waals surface area (Å²) in [5, 5.41) is 5.19. The number of carbonyl (C=O) groups is 4. The van der Waals surface area contributed by atoms with Gasteiger partial charge >= 0.3 is 11.9 Å². The first-order valence-corrected chi connectivity index (χ1v) is 11.7. The molecule has 3 rings (SSSR count). The van der Waals surface area contributed by atoms with Crippen molar-refractivity contribution in [2.45, 2.75) is 51.5 Å². The van der Waals surface area contributed by atoms with E-state index < -0.39 is 35.4 Å². The Kier molecular flexibility index (Phi) is 8.76. The van der Waals surface area contributed by atoms with Gasteiger partial charge in [-0.05, 0) is 50.8 Å². The summed E-state index contributed by atoms with van der Waals surface area (Å²) >= 11 is 0. The Bertz CT molecular complexity index is 1190. The predicted octanol–water partition coefficient (Wildman–Crippen LogP) is 1.03. The number of carbonyl (C=O) groups excluding carboxylic acids is 4. The molecule has 0 bridgehead atoms. The summed E-state index contributed by atoms with van der Waals surface area (Å²) < 4.78 is 9.88. The van der Waals surface area contributed by atoms with E-state index in [0.29, 0.717) is 18.4 Å². The zero-order chi connectivity index (χ0) is 26.2. The zero-order valence-corrected chi connectivity index (χ0v) is 20.1. The lowest BCUT2D eigenvalue weighted by Crippen LogP contribution is -2.42. The van der Waals surface area contributed by atoms with Crippen LogP contribution in [0.5, 0.6) is 0 Å². The number of ether oxygens (including phenoxy) is 2. The van der Waals surface area contributed by atoms with Gasteiger partial charge in [-0.25, -0.2) is 4.79 Å². The van der Waals surface area contributed by atoms with Gasteiger partial charge in [-0.1, -0.05) is 12.1 Å². The molecule has 36 heavy (non-hydrogen) atoms. The van der Waals surface area contributed by atoms with Crippen molar-refractivity contribution in [3.63, 3.8) is 0 Å². The molecule has 12 nitrogen and oxygen atoms in total. The average molecular weight is 500 g/mol. The monoisotopic (exact) mass is 499 g/mol. The first-order chi connectivity index (χ1) is 17.2. The van der Waals surface area contributed by atoms with E-state index in [-0.39, 0.29) is 49.3 Å². The quantitative estimate of drug-likeness (QED) is 0.328. The van der Waals surface area contributed by atoms with Crippen molar-refractivity contribution < 1.29 is 28.7 Å². The molecule has 1 aromatic heterocycles. The van der Waals surface area contributed by atoms with Crippen molar-refractivity contribution in [3.05, 3.63) is 51.3 Å². The number of esters is 2. The van der Waals surface area contributed by atoms with Crippen molar-refractivity contribution >= 4 is 35.5 Å². The molecule has 1 aromatic carbocycles. The van der Waals surface area contributed by atoms with Crippen molar-refractivity contribution in [1.29, 1.82) is 0 Å². The van der Waals surface area contributed by atoms with Crippen LogP contribution in [-0.4, -0.2) is 53.0 Å². The molecule has 192 valence electrons. The molecule has 2 atom stereocenters. The van der Waals surface area contributed by atoms with Crippen molar-refractivity contribution in [2.24, 2.45) is 0 Å². The molecular formula is C24H29N5O7. The molecular weight excluding hydrogens is 470 g/mol. The number of rotatable bonds is 11. The van der Waals surface area contributed by atoms with Crippen LogP contribution < -0.4 is 21.9 Å². The highest BCUT2D eigenvalue weighted by Gasteiger charge is 2.34. The molecule has 2 amide bonds. The lowest BCUT2D eigenvalue weighted by atomic mass is 9.94. The Balaban J connectivity index is 1.61. The molecule has 0 saturated carbocycles. The van der Waals surface area contributed by atoms with Gasteiger partial charge in [-0.2, -0.15) is 4.98 Å². The second-order valence-electron chi connectivity index (χ2n) is 8.11. The fraction of sp³-hybridized carbons (Fsp3) is 0.417. The number of nitrogens with two attached hydrogens (primary N) is 1. The fourth-order valence-electron chi connectivity index (χ4n) is 3.89. The Morgan fingerprint density at radius 3 is 2.47 bits per heavy atom. The van der Waals surface area contributed by atoms with Gasteiger partial charge in [-0.3, -0.25) is 24.2 Å². The number of aromatic nitrogens is 2. The third-order valence-corrected chi connectivity index (χ3v) is 5.64. The maximum absolute atomic E-state index is 12.7. The highest BCUT2D eigenvalue weighted by Crippen LogP contribution is 2.31. The molecule has 0 radical (unpaired) electrons. The van der Waals surface area contributed by atoms with E-state index in [9.17, 15) is 24.0 Å². The van der Waals surface area contributed by atoms with E-state index in [1.54, 1.807) is 38.1 Å². The number of nitrogens with one attached hydrogen (secondary N) is 3. The number of aryl methyl sites for hydroxylation is 1. The molecule has 1 aliphatic heterocycles. The van der Waals surface area contributed by atoms with Gasteiger partial charge in [0, 0.05) is 12.0 Å². The van der Waals surface area contributed by atoms with Crippen LogP contribution in [0.1, 0.15) is 60.5 Å². The normalized spacial score (nSPS) is 14.9. The first kappa shape index (κ1) is 26.4. The van der Waals surface area contributed by atoms with Crippen molar-refractivity contribution in [3.8, 4) is 0 Å². The topological polar surface area (TPSA) is 183 Å². The van der Waals surface area contributed by atoms with Crippen LogP contribution in [-0.2, 0) is 30.3 Å². The minimum Gasteiger partial charge on any atom is -0.466 e. The van der Waals surface area contributed by atoms with Gasteiger partial charge in [0.2, 0.25) is 11.9 Å². The minimum atomic E-state index is -0.997. The van der Waals surface area contributed by atoms with Crippen LogP contribution in [0.4, 0.5) is 11.8 Å². The average Bonchev–Trinajstić information content (AvgIpc) is 3.15. The minimum absolute atomic E-state index is 0.0423. The van der Waals surface area contributed by atoms with E-state index in [1.807, 2.05) is 0 Å². The highest BCUT2D eigenvalue weighted by molar-refractivity contribution is 6.01. The largest absolute Gasteiger partial charge is 0.466 e. The second-order valence-corrected chi connectivity index (χ2v) is 8.11. The van der Waals surface area contributed by atoms with Crippen molar-refractivity contribution in [2.75, 3.05) is 24.3 Å². The standard InChI is InChI=1S/C24H29N5O7/c1-3-35-17(30)12-11-16(23(34)36-4-2)26-20(31)14-8-5-13(6-9-14)7-10-15-18-19(27-21(15)32)28-24(25)29-22(18)33/h5-6,8-9,15-16H,3-4,7,10-12H2,1-2H3,(H,26,31)(H4,25,27,28,29,32,33)/t15?,16-/m0/s1. The van der Waals surface area contributed by atoms with Crippen molar-refractivity contribution in [1.82, 2.24) is 15.3 Å². The van der Waals surface area contributed by atoms with Gasteiger partial charge in [0.1, 0.15) is 11.9 Å². The summed E-state index contributed by atoms with van der Waals surface area (Å²) in [5.74, 6) is -2.47. The molecule has 0 saturated heterocycles. The third-order valence-electron chi connectivity index (χ3n) is 5.64. The summed E-state index contributed by atoms with van der Waals surface area (Å²) in [6, 6.07) is 5.65. The SMILES string of the molecule is CCOC(=O)CC[C@H](NC(=O)c1ccc(CCC2C(=O)Nc3nc(N)[nH]c(=O)c32)cc1)C(=O)OCC. The number of nitrogens with zero attached hydrogens (tertiary/aromatic N) is 1. The highest BCUT2D eigenvalue weighted by atomic mass is 16.5. The van der Waals surface area contributed by atoms with Crippen LogP contribution in [0.3, 0.4) is 0 Å². The maximum atomic E-state index is 12.7. The molecule has 0 fully saturated rings. The molecule has 12 heteroatoms. The van der Waals surface area contributed by atoms with Gasteiger partial charge < -0.3 is 25.8 Å². The maximum Gasteiger partial charge on any atom is 0.328 e. The van der Waals surface area contributed by atoms with Crippen LogP contribution in [0.25, 0.3) is 0 Å². The smallest absolute Gasteiger partial charge is 0.328 e. The number of hydrogen-bond donors (Lipinski definition) is 4. The number of nitrogen functional groups attached to an aromatic ring is 1. The van der Waals surface area contributed by atoms with Gasteiger partial charge in [-0.15, -0.1) is 0 Å². The third kappa shape index (κ3) is 6.46. The predicted molar refractivity (Wildman–Crippen MR) is 129 cm³/mol. The summed E-state index contributed by atoms with van der Waals surface area (Å²) in [7, 11) is 0. The number of hydrogen-bond acceptors (Lipinski definition) is 9. The Hall–Kier alpha value is -4.22. The fourth-order valence-corrected chi connectivity index (χ4v) is 3.89. The number of H-pyrrole nitrogens is 1. The zero-order valence-electron chi connectivity index (χ0n) is 20.1. The molecule has 2 heterocycles. The van der Waals surface area contributed by atoms with Crippen LogP contribution in [0, 0.1) is 0 Å². The van der Waals surface area contributed by atoms with E-state index in [4.69, 9.17) is 15.2 Å². The molecule has 2 aromatic rings. The molecule has 1 unspecified atom stereocenters. The molecule has 0 spiro atoms. The van der Waals surface area contributed by atoms with Gasteiger partial charge in [0.25, 0.3) is 11.5 Å². The second kappa shape index (κ2) is 12.0. The van der Waals surface area contributed by atoms with Gasteiger partial charge in [0.15, 0.2) is 0 Å². The van der Waals surface area contributed by atoms with E-state index in [1.165, 1.54) is 0 Å². The van der Waals surface area contributed by atoms with E-state index >= 15 is 0 Å². The van der Waals surface area contributed by atoms with Gasteiger partial charge in [0.05, 0.1) is 24.7 Å². The van der Waals surface area contributed by atoms with E-state index in [2.05, 4.69) is 20.6 Å². The Labute approximate surface area is 207 Å². The Morgan fingerprint density at radius 1 is 1.11 bits per heavy atom. The first-order valence-electron chi connectivity index (χ1n) is 11.7. The van der Waals surface area contributed by atoms with E-state index in [0.717, 1.165) is 5.56 Å². The Morgan fingerprint density at radius 2 is 1.81 bits per heavy atom. The summed E-state index contributed by atoms with van der Waals surface area (Å²) in [5.41, 5.74) is 6.50. The lowest BCUT2D eigenvalue weighted by molar-refractivity contribution is -0.146. The lowest BCUT2D eigenvalue weighted by Gasteiger charge is -2.17.